The lowest BCUT2D eigenvalue weighted by Gasteiger charge is -2.21. The molecule has 1 N–H and O–H groups in total. The van der Waals surface area contributed by atoms with Crippen LogP contribution in [0.5, 0.6) is 0 Å². The second-order valence-corrected chi connectivity index (χ2v) is 5.48. The normalized spacial score (nSPS) is 10.9. The van der Waals surface area contributed by atoms with Gasteiger partial charge in [-0.1, -0.05) is 22.0 Å². The molecule has 0 unspecified atom stereocenters. The first-order valence-corrected chi connectivity index (χ1v) is 6.28. The van der Waals surface area contributed by atoms with E-state index in [1.807, 2.05) is 6.07 Å². The average molecular weight is 314 g/mol. The number of methoxy groups -OCH3 is 1. The van der Waals surface area contributed by atoms with E-state index in [0.717, 1.165) is 4.47 Å². The molecular weight excluding hydrogens is 298 g/mol. The van der Waals surface area contributed by atoms with Gasteiger partial charge in [0.2, 0.25) is 0 Å². The number of hydrogen-bond donors (Lipinski definition) is 1. The van der Waals surface area contributed by atoms with E-state index in [1.165, 1.54) is 7.11 Å². The summed E-state index contributed by atoms with van der Waals surface area (Å²) in [5.74, 6) is -0.565. The minimum atomic E-state index is -0.740. The number of carbonyl (C=O) groups is 2. The van der Waals surface area contributed by atoms with Crippen LogP contribution in [-0.4, -0.2) is 25.5 Å². The molecule has 1 aromatic rings. The third-order valence-electron chi connectivity index (χ3n) is 2.52. The van der Waals surface area contributed by atoms with E-state index in [2.05, 4.69) is 26.0 Å². The Morgan fingerprint density at radius 2 is 2.06 bits per heavy atom. The van der Waals surface area contributed by atoms with Crippen molar-refractivity contribution in [3.63, 3.8) is 0 Å². The van der Waals surface area contributed by atoms with Gasteiger partial charge in [-0.2, -0.15) is 0 Å². The second kappa shape index (κ2) is 6.00. The molecule has 0 spiro atoms. The number of carbonyl (C=O) groups excluding carboxylic acids is 2. The Morgan fingerprint density at radius 1 is 1.39 bits per heavy atom. The number of amides is 1. The van der Waals surface area contributed by atoms with Crippen molar-refractivity contribution in [1.82, 2.24) is 5.32 Å². The Balaban J connectivity index is 2.64. The highest BCUT2D eigenvalue weighted by Crippen LogP contribution is 2.16. The Kier molecular flexibility index (Phi) is 4.90. The molecule has 0 saturated carbocycles. The quantitative estimate of drug-likeness (QED) is 0.868. The number of halogens is 1. The summed E-state index contributed by atoms with van der Waals surface area (Å²) in [6, 6.07) is 7.06. The van der Waals surface area contributed by atoms with Gasteiger partial charge in [0.25, 0.3) is 5.91 Å². The molecule has 0 aliphatic rings. The summed E-state index contributed by atoms with van der Waals surface area (Å²) in [7, 11) is 1.33. The lowest BCUT2D eigenvalue weighted by Crippen LogP contribution is -2.39. The summed E-state index contributed by atoms with van der Waals surface area (Å²) in [4.78, 5) is 23.3. The fourth-order valence-electron chi connectivity index (χ4n) is 1.38. The van der Waals surface area contributed by atoms with Crippen LogP contribution in [0.2, 0.25) is 0 Å². The van der Waals surface area contributed by atoms with Gasteiger partial charge in [-0.05, 0) is 32.0 Å². The minimum absolute atomic E-state index is 0.215. The molecule has 4 nitrogen and oxygen atoms in total. The Hall–Kier alpha value is -1.36. The monoisotopic (exact) mass is 313 g/mol. The van der Waals surface area contributed by atoms with E-state index >= 15 is 0 Å². The van der Waals surface area contributed by atoms with Crippen LogP contribution in [0.1, 0.15) is 24.2 Å². The van der Waals surface area contributed by atoms with Crippen LogP contribution < -0.4 is 5.32 Å². The highest BCUT2D eigenvalue weighted by molar-refractivity contribution is 9.10. The molecule has 1 amide bonds. The van der Waals surface area contributed by atoms with E-state index in [9.17, 15) is 9.59 Å². The summed E-state index contributed by atoms with van der Waals surface area (Å²) in [6.45, 7) is 3.67. The van der Waals surface area contributed by atoms with E-state index in [1.54, 1.807) is 32.0 Å². The van der Waals surface area contributed by atoms with Crippen molar-refractivity contribution in [2.45, 2.75) is 13.8 Å². The summed E-state index contributed by atoms with van der Waals surface area (Å²) >= 11 is 3.30. The molecule has 98 valence electrons. The van der Waals surface area contributed by atoms with Crippen molar-refractivity contribution in [1.29, 1.82) is 0 Å². The number of ether oxygens (including phenoxy) is 1. The van der Waals surface area contributed by atoms with Gasteiger partial charge in [0.15, 0.2) is 0 Å². The molecule has 0 bridgehead atoms. The van der Waals surface area contributed by atoms with E-state index in [-0.39, 0.29) is 18.4 Å². The van der Waals surface area contributed by atoms with Gasteiger partial charge in [0.05, 0.1) is 12.5 Å². The van der Waals surface area contributed by atoms with E-state index < -0.39 is 5.41 Å². The third-order valence-corrected chi connectivity index (χ3v) is 3.01. The van der Waals surface area contributed by atoms with Crippen LogP contribution in [0.15, 0.2) is 28.7 Å². The van der Waals surface area contributed by atoms with Gasteiger partial charge in [0, 0.05) is 16.6 Å². The van der Waals surface area contributed by atoms with E-state index in [0.29, 0.717) is 5.56 Å². The van der Waals surface area contributed by atoms with Gasteiger partial charge >= 0.3 is 5.97 Å². The Bertz CT molecular complexity index is 457. The van der Waals surface area contributed by atoms with Crippen LogP contribution in [0.4, 0.5) is 0 Å². The van der Waals surface area contributed by atoms with Crippen molar-refractivity contribution < 1.29 is 14.3 Å². The fourth-order valence-corrected chi connectivity index (χ4v) is 1.78. The molecule has 0 radical (unpaired) electrons. The Morgan fingerprint density at radius 3 is 2.61 bits per heavy atom. The predicted octanol–water partition coefficient (Wildman–Crippen LogP) is 2.38. The summed E-state index contributed by atoms with van der Waals surface area (Å²) in [5.41, 5.74) is -0.193. The van der Waals surface area contributed by atoms with Crippen molar-refractivity contribution in [3.8, 4) is 0 Å². The summed E-state index contributed by atoms with van der Waals surface area (Å²) in [5, 5.41) is 2.72. The highest BCUT2D eigenvalue weighted by atomic mass is 79.9. The molecule has 0 aliphatic heterocycles. The van der Waals surface area contributed by atoms with Crippen LogP contribution in [0, 0.1) is 5.41 Å². The van der Waals surface area contributed by atoms with Crippen LogP contribution in [0.3, 0.4) is 0 Å². The van der Waals surface area contributed by atoms with Gasteiger partial charge in [-0.3, -0.25) is 9.59 Å². The largest absolute Gasteiger partial charge is 0.469 e. The number of hydrogen-bond acceptors (Lipinski definition) is 3. The molecule has 1 rings (SSSR count). The lowest BCUT2D eigenvalue weighted by atomic mass is 9.93. The average Bonchev–Trinajstić information content (AvgIpc) is 2.35. The van der Waals surface area contributed by atoms with Gasteiger partial charge in [0.1, 0.15) is 0 Å². The first-order valence-electron chi connectivity index (χ1n) is 5.49. The molecular formula is C13H16BrNO3. The third kappa shape index (κ3) is 3.84. The van der Waals surface area contributed by atoms with Crippen molar-refractivity contribution in [2.24, 2.45) is 5.41 Å². The second-order valence-electron chi connectivity index (χ2n) is 4.57. The molecule has 0 aliphatic carbocycles. The topological polar surface area (TPSA) is 55.4 Å². The van der Waals surface area contributed by atoms with Crippen molar-refractivity contribution in [2.75, 3.05) is 13.7 Å². The number of esters is 1. The predicted molar refractivity (Wildman–Crippen MR) is 72.3 cm³/mol. The zero-order chi connectivity index (χ0) is 13.8. The number of nitrogens with one attached hydrogen (secondary N) is 1. The zero-order valence-electron chi connectivity index (χ0n) is 10.6. The van der Waals surface area contributed by atoms with Crippen LogP contribution in [-0.2, 0) is 9.53 Å². The fraction of sp³-hybridized carbons (Fsp3) is 0.385. The van der Waals surface area contributed by atoms with E-state index in [4.69, 9.17) is 0 Å². The van der Waals surface area contributed by atoms with Crippen LogP contribution in [0.25, 0.3) is 0 Å². The molecule has 1 aromatic carbocycles. The smallest absolute Gasteiger partial charge is 0.313 e. The maximum atomic E-state index is 11.9. The Labute approximate surface area is 115 Å². The molecule has 0 saturated heterocycles. The maximum Gasteiger partial charge on any atom is 0.313 e. The summed E-state index contributed by atoms with van der Waals surface area (Å²) < 4.78 is 5.51. The molecule has 0 heterocycles. The molecule has 5 heteroatoms. The van der Waals surface area contributed by atoms with Crippen molar-refractivity contribution in [3.05, 3.63) is 34.3 Å². The molecule has 0 atom stereocenters. The first-order chi connectivity index (χ1) is 8.36. The lowest BCUT2D eigenvalue weighted by molar-refractivity contribution is -0.150. The minimum Gasteiger partial charge on any atom is -0.469 e. The number of rotatable bonds is 4. The zero-order valence-corrected chi connectivity index (χ0v) is 12.2. The SMILES string of the molecule is COC(=O)C(C)(C)CNC(=O)c1cccc(Br)c1. The summed E-state index contributed by atoms with van der Waals surface area (Å²) in [6.07, 6.45) is 0. The first kappa shape index (κ1) is 14.7. The highest BCUT2D eigenvalue weighted by Gasteiger charge is 2.29. The van der Waals surface area contributed by atoms with Crippen LogP contribution >= 0.6 is 15.9 Å². The molecule has 18 heavy (non-hydrogen) atoms. The maximum absolute atomic E-state index is 11.9. The van der Waals surface area contributed by atoms with Gasteiger partial charge in [-0.25, -0.2) is 0 Å². The molecule has 0 aromatic heterocycles. The van der Waals surface area contributed by atoms with Gasteiger partial charge < -0.3 is 10.1 Å². The number of benzene rings is 1. The van der Waals surface area contributed by atoms with Crippen molar-refractivity contribution >= 4 is 27.8 Å². The van der Waals surface area contributed by atoms with Gasteiger partial charge in [-0.15, -0.1) is 0 Å². The standard InChI is InChI=1S/C13H16BrNO3/c1-13(2,12(17)18-3)8-15-11(16)9-5-4-6-10(14)7-9/h4-7H,8H2,1-3H3,(H,15,16). The molecule has 0 fully saturated rings.